The molecule has 0 bridgehead atoms. The van der Waals surface area contributed by atoms with Crippen LogP contribution < -0.4 is 4.74 Å². The van der Waals surface area contributed by atoms with Crippen LogP contribution in [-0.4, -0.2) is 29.4 Å². The average Bonchev–Trinajstić information content (AvgIpc) is 2.72. The van der Waals surface area contributed by atoms with Gasteiger partial charge in [-0.15, -0.1) is 0 Å². The molecule has 0 amide bonds. The van der Waals surface area contributed by atoms with Gasteiger partial charge in [0.1, 0.15) is 11.3 Å². The molecule has 2 rings (SSSR count). The molecule has 0 fully saturated rings. The predicted molar refractivity (Wildman–Crippen MR) is 83.9 cm³/mol. The van der Waals surface area contributed by atoms with Gasteiger partial charge in [0.2, 0.25) is 0 Å². The van der Waals surface area contributed by atoms with Crippen molar-refractivity contribution in [1.29, 1.82) is 0 Å². The predicted octanol–water partition coefficient (Wildman–Crippen LogP) is 3.69. The molecule has 0 radical (unpaired) electrons. The molecule has 2 aromatic rings. The Hall–Kier alpha value is -1.59. The van der Waals surface area contributed by atoms with E-state index in [1.54, 1.807) is 0 Å². The second-order valence-corrected chi connectivity index (χ2v) is 5.06. The number of para-hydroxylation sites is 1. The van der Waals surface area contributed by atoms with Crippen LogP contribution in [0.1, 0.15) is 13.8 Å². The molecule has 0 aliphatic rings. The van der Waals surface area contributed by atoms with E-state index in [-0.39, 0.29) is 0 Å². The Morgan fingerprint density at radius 1 is 1.45 bits per heavy atom. The molecule has 0 aliphatic heterocycles. The van der Waals surface area contributed by atoms with Gasteiger partial charge in [-0.05, 0) is 38.2 Å². The van der Waals surface area contributed by atoms with E-state index in [9.17, 15) is 0 Å². The molecule has 1 aromatic carbocycles. The van der Waals surface area contributed by atoms with E-state index in [2.05, 4.69) is 11.6 Å². The van der Waals surface area contributed by atoms with Crippen LogP contribution in [0.2, 0.25) is 0 Å². The van der Waals surface area contributed by atoms with Gasteiger partial charge in [0.15, 0.2) is 4.77 Å². The lowest BCUT2D eigenvalue weighted by molar-refractivity contribution is 0.148. The van der Waals surface area contributed by atoms with Crippen LogP contribution in [0.15, 0.2) is 30.4 Å². The highest BCUT2D eigenvalue weighted by atomic mass is 32.1. The molecule has 20 heavy (non-hydrogen) atoms. The summed E-state index contributed by atoms with van der Waals surface area (Å²) in [5.74, 6) is 0.831. The summed E-state index contributed by atoms with van der Waals surface area (Å²) in [6, 6.07) is 5.95. The molecule has 0 unspecified atom stereocenters. The van der Waals surface area contributed by atoms with Crippen molar-refractivity contribution in [2.24, 2.45) is 0 Å². The summed E-state index contributed by atoms with van der Waals surface area (Å²) in [5.41, 5.74) is 3.00. The van der Waals surface area contributed by atoms with Crippen LogP contribution in [-0.2, 0) is 11.3 Å². The van der Waals surface area contributed by atoms with E-state index in [0.29, 0.717) is 31.1 Å². The maximum atomic E-state index is 5.61. The summed E-state index contributed by atoms with van der Waals surface area (Å²) >= 11 is 5.38. The number of rotatable bonds is 7. The zero-order valence-corrected chi connectivity index (χ0v) is 12.8. The minimum atomic E-state index is 0.583. The Balaban J connectivity index is 2.21. The summed E-state index contributed by atoms with van der Waals surface area (Å²) in [6.45, 7) is 10.3. The van der Waals surface area contributed by atoms with Crippen LogP contribution in [0.25, 0.3) is 11.0 Å². The van der Waals surface area contributed by atoms with Gasteiger partial charge in [0.05, 0.1) is 25.3 Å². The summed E-state index contributed by atoms with van der Waals surface area (Å²) in [5, 5.41) is 0. The molecule has 0 atom stereocenters. The van der Waals surface area contributed by atoms with Crippen LogP contribution in [0.3, 0.4) is 0 Å². The molecule has 4 nitrogen and oxygen atoms in total. The lowest BCUT2D eigenvalue weighted by Gasteiger charge is -2.07. The van der Waals surface area contributed by atoms with Gasteiger partial charge in [0.25, 0.3) is 0 Å². The molecule has 0 saturated heterocycles. The number of ether oxygens (including phenoxy) is 2. The maximum absolute atomic E-state index is 5.61. The first-order chi connectivity index (χ1) is 9.63. The van der Waals surface area contributed by atoms with Gasteiger partial charge in [-0.3, -0.25) is 0 Å². The third kappa shape index (κ3) is 3.29. The molecule has 0 saturated carbocycles. The number of hydrogen-bond acceptors (Lipinski definition) is 3. The fourth-order valence-corrected chi connectivity index (χ4v) is 2.35. The number of nitrogens with one attached hydrogen (secondary N) is 1. The molecule has 0 spiro atoms. The largest absolute Gasteiger partial charge is 0.492 e. The van der Waals surface area contributed by atoms with Crippen LogP contribution in [0.5, 0.6) is 5.75 Å². The fourth-order valence-electron chi connectivity index (χ4n) is 2.05. The first-order valence-corrected chi connectivity index (χ1v) is 7.10. The second kappa shape index (κ2) is 6.72. The van der Waals surface area contributed by atoms with E-state index in [0.717, 1.165) is 22.4 Å². The monoisotopic (exact) mass is 292 g/mol. The number of aromatic nitrogens is 2. The number of H-pyrrole nitrogens is 1. The molecule has 1 N–H and O–H groups in total. The number of aromatic amines is 1. The Morgan fingerprint density at radius 3 is 2.95 bits per heavy atom. The van der Waals surface area contributed by atoms with Crippen molar-refractivity contribution in [3.05, 3.63) is 35.1 Å². The Kier molecular flexibility index (Phi) is 4.98. The van der Waals surface area contributed by atoms with E-state index in [1.165, 1.54) is 0 Å². The molecule has 5 heteroatoms. The quantitative estimate of drug-likeness (QED) is 0.480. The lowest BCUT2D eigenvalue weighted by atomic mass is 10.3. The average molecular weight is 292 g/mol. The van der Waals surface area contributed by atoms with Gasteiger partial charge in [-0.1, -0.05) is 18.2 Å². The van der Waals surface area contributed by atoms with Crippen molar-refractivity contribution in [3.63, 3.8) is 0 Å². The molecular weight excluding hydrogens is 272 g/mol. The van der Waals surface area contributed by atoms with Crippen molar-refractivity contribution in [2.75, 3.05) is 19.8 Å². The van der Waals surface area contributed by atoms with Gasteiger partial charge in [-0.25, -0.2) is 0 Å². The van der Waals surface area contributed by atoms with Crippen LogP contribution in [0, 0.1) is 4.77 Å². The summed E-state index contributed by atoms with van der Waals surface area (Å²) in [7, 11) is 0. The van der Waals surface area contributed by atoms with Crippen molar-refractivity contribution in [2.45, 2.75) is 20.4 Å². The maximum Gasteiger partial charge on any atom is 0.178 e. The molecule has 0 aliphatic carbocycles. The van der Waals surface area contributed by atoms with Gasteiger partial charge in [0, 0.05) is 6.54 Å². The molecular formula is C15H20N2O2S. The fraction of sp³-hybridized carbons (Fsp3) is 0.400. The number of nitrogens with zero attached hydrogens (tertiary/aromatic N) is 1. The first-order valence-electron chi connectivity index (χ1n) is 6.70. The van der Waals surface area contributed by atoms with Gasteiger partial charge >= 0.3 is 0 Å². The highest BCUT2D eigenvalue weighted by Crippen LogP contribution is 2.24. The van der Waals surface area contributed by atoms with E-state index in [1.807, 2.05) is 36.6 Å². The van der Waals surface area contributed by atoms with Crippen molar-refractivity contribution < 1.29 is 9.47 Å². The molecule has 108 valence electrons. The van der Waals surface area contributed by atoms with Crippen LogP contribution in [0.4, 0.5) is 0 Å². The highest BCUT2D eigenvalue weighted by molar-refractivity contribution is 7.71. The molecule has 1 heterocycles. The van der Waals surface area contributed by atoms with Crippen molar-refractivity contribution >= 4 is 23.3 Å². The van der Waals surface area contributed by atoms with Crippen molar-refractivity contribution in [3.8, 4) is 5.75 Å². The third-order valence-corrected chi connectivity index (χ3v) is 3.20. The third-order valence-electron chi connectivity index (χ3n) is 2.88. The Labute approximate surface area is 124 Å². The minimum Gasteiger partial charge on any atom is -0.492 e. The lowest BCUT2D eigenvalue weighted by Crippen LogP contribution is -2.07. The molecule has 1 aromatic heterocycles. The summed E-state index contributed by atoms with van der Waals surface area (Å²) < 4.78 is 13.9. The normalized spacial score (nSPS) is 10.9. The summed E-state index contributed by atoms with van der Waals surface area (Å²) in [6.07, 6.45) is 0. The minimum absolute atomic E-state index is 0.583. The van der Waals surface area contributed by atoms with E-state index < -0.39 is 0 Å². The number of hydrogen-bond donors (Lipinski definition) is 1. The van der Waals surface area contributed by atoms with E-state index >= 15 is 0 Å². The Bertz CT molecular complexity index is 657. The van der Waals surface area contributed by atoms with Crippen LogP contribution >= 0.6 is 12.2 Å². The van der Waals surface area contributed by atoms with E-state index in [4.69, 9.17) is 21.7 Å². The number of imidazole rings is 1. The zero-order chi connectivity index (χ0) is 14.5. The SMILES string of the molecule is C=C(C)COCCn1c(=S)[nH]c2c(OCC)cccc21. The zero-order valence-electron chi connectivity index (χ0n) is 11.9. The standard InChI is InChI=1S/C15H20N2O2S/c1-4-19-13-7-5-6-12-14(13)16-15(20)17(12)8-9-18-10-11(2)3/h5-7H,2,4,8-10H2,1,3H3,(H,16,20). The second-order valence-electron chi connectivity index (χ2n) is 4.67. The topological polar surface area (TPSA) is 39.2 Å². The Morgan fingerprint density at radius 2 is 2.25 bits per heavy atom. The first kappa shape index (κ1) is 14.8. The smallest absolute Gasteiger partial charge is 0.178 e. The van der Waals surface area contributed by atoms with Gasteiger partial charge < -0.3 is 19.0 Å². The summed E-state index contributed by atoms with van der Waals surface area (Å²) in [4.78, 5) is 3.21. The number of benzene rings is 1. The van der Waals surface area contributed by atoms with Crippen molar-refractivity contribution in [1.82, 2.24) is 9.55 Å². The number of fused-ring (bicyclic) bond motifs is 1. The highest BCUT2D eigenvalue weighted by Gasteiger charge is 2.08. The van der Waals surface area contributed by atoms with Gasteiger partial charge in [-0.2, -0.15) is 0 Å².